The summed E-state index contributed by atoms with van der Waals surface area (Å²) in [5.74, 6) is 0.420. The molecule has 1 aliphatic carbocycles. The van der Waals surface area contributed by atoms with Crippen LogP contribution in [0.3, 0.4) is 0 Å². The van der Waals surface area contributed by atoms with Gasteiger partial charge in [-0.15, -0.1) is 0 Å². The number of nitrogens with one attached hydrogen (secondary N) is 1. The van der Waals surface area contributed by atoms with Gasteiger partial charge in [0.1, 0.15) is 0 Å². The summed E-state index contributed by atoms with van der Waals surface area (Å²) < 4.78 is 1.07. The molecule has 0 saturated carbocycles. The molecule has 1 N–H and O–H groups in total. The maximum absolute atomic E-state index is 13.1. The van der Waals surface area contributed by atoms with Gasteiger partial charge in [-0.3, -0.25) is 10.1 Å². The number of rotatable bonds is 3. The van der Waals surface area contributed by atoms with Crippen molar-refractivity contribution in [2.75, 3.05) is 5.32 Å². The fourth-order valence-electron chi connectivity index (χ4n) is 3.92. The van der Waals surface area contributed by atoms with E-state index < -0.39 is 0 Å². The summed E-state index contributed by atoms with van der Waals surface area (Å²) in [6.45, 7) is 4.15. The van der Waals surface area contributed by atoms with Crippen LogP contribution in [0.15, 0.2) is 42.5 Å². The molecule has 2 aromatic carbocycles. The zero-order chi connectivity index (χ0) is 21.8. The predicted molar refractivity (Wildman–Crippen MR) is 127 cm³/mol. The van der Waals surface area contributed by atoms with Crippen LogP contribution in [0.5, 0.6) is 0 Å². The largest absolute Gasteiger partial charge is 0.300 e. The van der Waals surface area contributed by atoms with Crippen LogP contribution < -0.4 is 5.32 Å². The van der Waals surface area contributed by atoms with Crippen molar-refractivity contribution >= 4 is 61.6 Å². The molecule has 5 rings (SSSR count). The maximum Gasteiger partial charge on any atom is 0.229 e. The van der Waals surface area contributed by atoms with Gasteiger partial charge in [0, 0.05) is 17.0 Å². The van der Waals surface area contributed by atoms with Crippen molar-refractivity contribution in [3.05, 3.63) is 63.8 Å². The van der Waals surface area contributed by atoms with E-state index in [0.29, 0.717) is 50.8 Å². The van der Waals surface area contributed by atoms with Crippen LogP contribution in [0.25, 0.3) is 21.5 Å². The summed E-state index contributed by atoms with van der Waals surface area (Å²) in [6.07, 6.45) is 1.11. The van der Waals surface area contributed by atoms with E-state index >= 15 is 0 Å². The van der Waals surface area contributed by atoms with E-state index in [1.54, 1.807) is 18.2 Å². The lowest BCUT2D eigenvalue weighted by Gasteiger charge is -2.30. The van der Waals surface area contributed by atoms with E-state index in [1.165, 1.54) is 11.3 Å². The van der Waals surface area contributed by atoms with Crippen LogP contribution in [-0.2, 0) is 6.42 Å². The Morgan fingerprint density at radius 2 is 1.84 bits per heavy atom. The van der Waals surface area contributed by atoms with E-state index in [0.717, 1.165) is 15.9 Å². The van der Waals surface area contributed by atoms with Gasteiger partial charge in [0.15, 0.2) is 10.9 Å². The van der Waals surface area contributed by atoms with E-state index in [1.807, 2.05) is 24.3 Å². The lowest BCUT2D eigenvalue weighted by molar-refractivity contribution is 0.0910. The average molecular weight is 469 g/mol. The number of hydrogen-bond donors (Lipinski definition) is 1. The maximum atomic E-state index is 13.1. The smallest absolute Gasteiger partial charge is 0.229 e. The molecule has 0 atom stereocenters. The molecule has 2 aromatic heterocycles. The number of fused-ring (bicyclic) bond motifs is 2. The van der Waals surface area contributed by atoms with Crippen molar-refractivity contribution < 1.29 is 4.79 Å². The summed E-state index contributed by atoms with van der Waals surface area (Å²) in [6, 6.07) is 13.1. The molecule has 0 saturated heterocycles. The number of ketones is 1. The lowest BCUT2D eigenvalue weighted by atomic mass is 9.75. The van der Waals surface area contributed by atoms with Crippen LogP contribution in [0.2, 0.25) is 10.0 Å². The molecule has 0 amide bonds. The monoisotopic (exact) mass is 468 g/mol. The van der Waals surface area contributed by atoms with E-state index in [-0.39, 0.29) is 11.2 Å². The number of benzene rings is 2. The van der Waals surface area contributed by atoms with Gasteiger partial charge in [-0.25, -0.2) is 15.0 Å². The molecule has 8 heteroatoms. The number of para-hydroxylation sites is 1. The molecule has 2 heterocycles. The Kier molecular flexibility index (Phi) is 4.96. The van der Waals surface area contributed by atoms with Gasteiger partial charge >= 0.3 is 0 Å². The molecule has 156 valence electrons. The third-order valence-electron chi connectivity index (χ3n) is 5.25. The lowest BCUT2D eigenvalue weighted by Crippen LogP contribution is -2.29. The average Bonchev–Trinajstić information content (AvgIpc) is 3.08. The first-order chi connectivity index (χ1) is 14.8. The Morgan fingerprint density at radius 1 is 1.03 bits per heavy atom. The zero-order valence-corrected chi connectivity index (χ0v) is 19.2. The first-order valence-corrected chi connectivity index (χ1v) is 11.4. The number of carbonyl (C=O) groups is 1. The second-order valence-electron chi connectivity index (χ2n) is 8.39. The van der Waals surface area contributed by atoms with Crippen molar-refractivity contribution in [3.63, 3.8) is 0 Å². The molecule has 0 spiro atoms. The standard InChI is InChI=1S/C23H18Cl2N4OS/c1-23(2)10-16-19(17(30)11-23)20(13-8-7-12(24)9-14(13)25)28-21(26-16)29-22-27-15-5-3-4-6-18(15)31-22/h3-9H,10-11H2,1-2H3,(H,26,27,28,29). The normalized spacial score (nSPS) is 15.2. The van der Waals surface area contributed by atoms with Crippen molar-refractivity contribution in [1.29, 1.82) is 0 Å². The first kappa shape index (κ1) is 20.4. The summed E-state index contributed by atoms with van der Waals surface area (Å²) in [5, 5.41) is 4.89. The molecular weight excluding hydrogens is 451 g/mol. The van der Waals surface area contributed by atoms with Gasteiger partial charge in [-0.2, -0.15) is 0 Å². The second-order valence-corrected chi connectivity index (χ2v) is 10.3. The van der Waals surface area contributed by atoms with Crippen molar-refractivity contribution in [1.82, 2.24) is 15.0 Å². The Bertz CT molecular complexity index is 1320. The molecular formula is C23H18Cl2N4OS. The third-order valence-corrected chi connectivity index (χ3v) is 6.75. The van der Waals surface area contributed by atoms with Crippen molar-refractivity contribution in [3.8, 4) is 11.3 Å². The minimum absolute atomic E-state index is 0.0267. The summed E-state index contributed by atoms with van der Waals surface area (Å²) in [7, 11) is 0. The van der Waals surface area contributed by atoms with Gasteiger partial charge in [0.25, 0.3) is 0 Å². The minimum atomic E-state index is -0.174. The summed E-state index contributed by atoms with van der Waals surface area (Å²) in [4.78, 5) is 27.1. The van der Waals surface area contributed by atoms with Gasteiger partial charge in [-0.05, 0) is 42.2 Å². The number of halogens is 2. The van der Waals surface area contributed by atoms with Gasteiger partial charge in [0.2, 0.25) is 5.95 Å². The molecule has 0 unspecified atom stereocenters. The number of carbonyl (C=O) groups excluding carboxylic acids is 1. The molecule has 31 heavy (non-hydrogen) atoms. The number of hydrogen-bond acceptors (Lipinski definition) is 6. The van der Waals surface area contributed by atoms with Gasteiger partial charge in [-0.1, -0.05) is 60.5 Å². The number of aromatic nitrogens is 3. The second kappa shape index (κ2) is 7.55. The topological polar surface area (TPSA) is 67.8 Å². The highest BCUT2D eigenvalue weighted by molar-refractivity contribution is 7.22. The van der Waals surface area contributed by atoms with Crippen molar-refractivity contribution in [2.45, 2.75) is 26.7 Å². The fourth-order valence-corrected chi connectivity index (χ4v) is 5.28. The minimum Gasteiger partial charge on any atom is -0.300 e. The Hall–Kier alpha value is -2.54. The molecule has 0 bridgehead atoms. The Balaban J connectivity index is 1.66. The molecule has 1 aliphatic rings. The summed E-state index contributed by atoms with van der Waals surface area (Å²) >= 11 is 14.1. The Labute approximate surface area is 193 Å². The number of Topliss-reactive ketones (excluding diaryl/α,β-unsaturated/α-hetero) is 1. The predicted octanol–water partition coefficient (Wildman–Crippen LogP) is 6.96. The van der Waals surface area contributed by atoms with Crippen LogP contribution in [-0.4, -0.2) is 20.7 Å². The van der Waals surface area contributed by atoms with Crippen LogP contribution >= 0.6 is 34.5 Å². The molecule has 0 fully saturated rings. The first-order valence-electron chi connectivity index (χ1n) is 9.81. The number of anilines is 2. The van der Waals surface area contributed by atoms with E-state index in [4.69, 9.17) is 33.2 Å². The van der Waals surface area contributed by atoms with Crippen LogP contribution in [0, 0.1) is 5.41 Å². The third kappa shape index (κ3) is 3.91. The Morgan fingerprint density at radius 3 is 2.61 bits per heavy atom. The highest BCUT2D eigenvalue weighted by Gasteiger charge is 2.35. The van der Waals surface area contributed by atoms with Crippen molar-refractivity contribution in [2.24, 2.45) is 5.41 Å². The number of nitrogens with zero attached hydrogens (tertiary/aromatic N) is 3. The van der Waals surface area contributed by atoms with Crippen LogP contribution in [0.1, 0.15) is 36.3 Å². The highest BCUT2D eigenvalue weighted by atomic mass is 35.5. The molecule has 0 aliphatic heterocycles. The highest BCUT2D eigenvalue weighted by Crippen LogP contribution is 2.40. The van der Waals surface area contributed by atoms with Gasteiger partial charge < -0.3 is 0 Å². The molecule has 5 nitrogen and oxygen atoms in total. The van der Waals surface area contributed by atoms with E-state index in [2.05, 4.69) is 24.1 Å². The quantitative estimate of drug-likeness (QED) is 0.351. The van der Waals surface area contributed by atoms with E-state index in [9.17, 15) is 4.79 Å². The molecule has 4 aromatic rings. The molecule has 0 radical (unpaired) electrons. The fraction of sp³-hybridized carbons (Fsp3) is 0.217. The number of thiazole rings is 1. The van der Waals surface area contributed by atoms with Crippen LogP contribution in [0.4, 0.5) is 11.1 Å². The SMILES string of the molecule is CC1(C)CC(=O)c2c(nc(Nc3nc4ccccc4s3)nc2-c2ccc(Cl)cc2Cl)C1. The zero-order valence-electron chi connectivity index (χ0n) is 16.9. The van der Waals surface area contributed by atoms with Gasteiger partial charge in [0.05, 0.1) is 32.2 Å². The summed E-state index contributed by atoms with van der Waals surface area (Å²) in [5.41, 5.74) is 3.18.